The lowest BCUT2D eigenvalue weighted by Gasteiger charge is -1.91. The van der Waals surface area contributed by atoms with E-state index in [0.717, 1.165) is 14.3 Å². The summed E-state index contributed by atoms with van der Waals surface area (Å²) in [5.41, 5.74) is 1.69. The second-order valence-corrected chi connectivity index (χ2v) is 4.91. The van der Waals surface area contributed by atoms with Crippen LogP contribution in [0.25, 0.3) is 0 Å². The minimum Gasteiger partial charge on any atom is -0.411 e. The van der Waals surface area contributed by atoms with E-state index in [1.807, 2.05) is 6.92 Å². The summed E-state index contributed by atoms with van der Waals surface area (Å²) in [5, 5.41) is 11.6. The molecule has 0 aliphatic heterocycles. The van der Waals surface area contributed by atoms with Crippen LogP contribution in [0.2, 0.25) is 0 Å². The van der Waals surface area contributed by atoms with E-state index in [1.54, 1.807) is 17.3 Å². The van der Waals surface area contributed by atoms with E-state index in [1.165, 1.54) is 10.3 Å². The molecule has 0 aromatic carbocycles. The lowest BCUT2D eigenvalue weighted by molar-refractivity contribution is 0.319. The lowest BCUT2D eigenvalue weighted by Crippen LogP contribution is -1.92. The zero-order valence-corrected chi connectivity index (χ0v) is 8.57. The summed E-state index contributed by atoms with van der Waals surface area (Å²) in [4.78, 5) is 0.988. The van der Waals surface area contributed by atoms with Crippen molar-refractivity contribution < 1.29 is 5.21 Å². The minimum absolute atomic E-state index is 0.639. The molecule has 0 fully saturated rings. The third kappa shape index (κ3) is 1.66. The maximum absolute atomic E-state index is 8.49. The van der Waals surface area contributed by atoms with Gasteiger partial charge in [-0.05, 0) is 19.4 Å². The topological polar surface area (TPSA) is 32.6 Å². The van der Waals surface area contributed by atoms with Crippen molar-refractivity contribution in [3.8, 4) is 0 Å². The van der Waals surface area contributed by atoms with Gasteiger partial charge in [-0.1, -0.05) is 38.1 Å². The summed E-state index contributed by atoms with van der Waals surface area (Å²) in [6.07, 6.45) is 0. The molecule has 0 aliphatic rings. The van der Waals surface area contributed by atoms with Crippen molar-refractivity contribution in [3.63, 3.8) is 0 Å². The van der Waals surface area contributed by atoms with E-state index in [-0.39, 0.29) is 0 Å². The van der Waals surface area contributed by atoms with Gasteiger partial charge in [0.05, 0.1) is 10.6 Å². The average Bonchev–Trinajstić information content (AvgIpc) is 2.32. The molecule has 0 unspecified atom stereocenters. The third-order valence-electron chi connectivity index (χ3n) is 1.33. The Morgan fingerprint density at radius 3 is 2.55 bits per heavy atom. The van der Waals surface area contributed by atoms with Crippen molar-refractivity contribution in [2.75, 3.05) is 0 Å². The highest BCUT2D eigenvalue weighted by Gasteiger charge is 2.06. The Labute approximate surface area is 77.2 Å². The van der Waals surface area contributed by atoms with Gasteiger partial charge < -0.3 is 5.21 Å². The Morgan fingerprint density at radius 2 is 2.18 bits per heavy atom. The van der Waals surface area contributed by atoms with E-state index in [2.05, 4.69) is 5.16 Å². The summed E-state index contributed by atoms with van der Waals surface area (Å²) < 4.78 is 0.882. The molecule has 0 bridgehead atoms. The van der Waals surface area contributed by atoms with Crippen molar-refractivity contribution in [2.24, 2.45) is 5.16 Å². The Balaban J connectivity index is 3.26. The molecule has 11 heavy (non-hydrogen) atoms. The SMILES string of the molecule is C/C(=N\O)c1ssc(=S)c1C. The molecular weight excluding hydrogens is 198 g/mol. The van der Waals surface area contributed by atoms with Gasteiger partial charge in [0, 0.05) is 0 Å². The first-order valence-corrected chi connectivity index (χ1v) is 5.51. The lowest BCUT2D eigenvalue weighted by atomic mass is 10.2. The largest absolute Gasteiger partial charge is 0.411 e. The Hall–Kier alpha value is -0.260. The highest BCUT2D eigenvalue weighted by molar-refractivity contribution is 7.79. The Kier molecular flexibility index (Phi) is 2.75. The first-order chi connectivity index (χ1) is 5.16. The second-order valence-electron chi connectivity index (χ2n) is 2.09. The predicted molar refractivity (Wildman–Crippen MR) is 51.8 cm³/mol. The molecule has 0 spiro atoms. The van der Waals surface area contributed by atoms with Gasteiger partial charge in [0.15, 0.2) is 0 Å². The van der Waals surface area contributed by atoms with Crippen molar-refractivity contribution >= 4 is 38.6 Å². The summed E-state index contributed by atoms with van der Waals surface area (Å²) in [7, 11) is 3.09. The van der Waals surface area contributed by atoms with Gasteiger partial charge >= 0.3 is 0 Å². The molecule has 2 nitrogen and oxygen atoms in total. The van der Waals surface area contributed by atoms with Gasteiger partial charge in [-0.3, -0.25) is 0 Å². The van der Waals surface area contributed by atoms with Crippen LogP contribution in [-0.4, -0.2) is 10.9 Å². The van der Waals surface area contributed by atoms with Gasteiger partial charge in [0.2, 0.25) is 0 Å². The number of rotatable bonds is 1. The summed E-state index contributed by atoms with van der Waals surface area (Å²) in [6.45, 7) is 3.71. The van der Waals surface area contributed by atoms with Crippen LogP contribution in [0.3, 0.4) is 0 Å². The van der Waals surface area contributed by atoms with Gasteiger partial charge in [0.25, 0.3) is 0 Å². The van der Waals surface area contributed by atoms with Crippen LogP contribution in [0.1, 0.15) is 17.4 Å². The maximum atomic E-state index is 8.49. The third-order valence-corrected chi connectivity index (χ3v) is 4.76. The van der Waals surface area contributed by atoms with Crippen molar-refractivity contribution in [3.05, 3.63) is 14.3 Å². The first-order valence-electron chi connectivity index (χ1n) is 2.95. The Morgan fingerprint density at radius 1 is 1.55 bits per heavy atom. The van der Waals surface area contributed by atoms with Crippen LogP contribution in [0.4, 0.5) is 0 Å². The summed E-state index contributed by atoms with van der Waals surface area (Å²) >= 11 is 5.03. The number of hydrogen-bond donors (Lipinski definition) is 1. The fourth-order valence-electron chi connectivity index (χ4n) is 0.674. The molecule has 0 radical (unpaired) electrons. The van der Waals surface area contributed by atoms with E-state index in [0.29, 0.717) is 5.71 Å². The highest BCUT2D eigenvalue weighted by atomic mass is 32.9. The molecule has 1 aromatic rings. The molecule has 5 heteroatoms. The standard InChI is InChI=1S/C6H7NOS3/c1-3-5(4(2)7-8)10-11-6(3)9/h8H,1-2H3/b7-4+. The van der Waals surface area contributed by atoms with Crippen LogP contribution >= 0.6 is 32.9 Å². The van der Waals surface area contributed by atoms with Crippen LogP contribution in [-0.2, 0) is 0 Å². The smallest absolute Gasteiger partial charge is 0.105 e. The first kappa shape index (κ1) is 8.83. The van der Waals surface area contributed by atoms with E-state index in [4.69, 9.17) is 17.4 Å². The maximum Gasteiger partial charge on any atom is 0.105 e. The van der Waals surface area contributed by atoms with Gasteiger partial charge in [-0.2, -0.15) is 0 Å². The van der Waals surface area contributed by atoms with E-state index >= 15 is 0 Å². The molecule has 0 saturated carbocycles. The van der Waals surface area contributed by atoms with Crippen molar-refractivity contribution in [1.29, 1.82) is 0 Å². The average molecular weight is 205 g/mol. The minimum atomic E-state index is 0.639. The van der Waals surface area contributed by atoms with Crippen LogP contribution in [0.15, 0.2) is 5.16 Å². The molecule has 1 rings (SSSR count). The van der Waals surface area contributed by atoms with Gasteiger partial charge in [0.1, 0.15) is 3.82 Å². The zero-order chi connectivity index (χ0) is 8.43. The van der Waals surface area contributed by atoms with Crippen LogP contribution < -0.4 is 0 Å². The van der Waals surface area contributed by atoms with Crippen molar-refractivity contribution in [2.45, 2.75) is 13.8 Å². The molecule has 60 valence electrons. The Bertz CT molecular complexity index is 336. The molecular formula is C6H7NOS3. The second kappa shape index (κ2) is 3.42. The van der Waals surface area contributed by atoms with Gasteiger partial charge in [-0.25, -0.2) is 0 Å². The fraction of sp³-hybridized carbons (Fsp3) is 0.333. The molecule has 0 saturated heterocycles. The number of oxime groups is 1. The normalized spacial score (nSPS) is 12.0. The summed E-state index contributed by atoms with van der Waals surface area (Å²) in [6, 6.07) is 0. The van der Waals surface area contributed by atoms with E-state index in [9.17, 15) is 0 Å². The van der Waals surface area contributed by atoms with Gasteiger partial charge in [-0.15, -0.1) is 0 Å². The molecule has 0 aliphatic carbocycles. The predicted octanol–water partition coefficient (Wildman–Crippen LogP) is 3.05. The number of hydrogen-bond acceptors (Lipinski definition) is 5. The zero-order valence-electron chi connectivity index (χ0n) is 6.12. The molecule has 1 aromatic heterocycles. The molecule has 0 atom stereocenters. The monoisotopic (exact) mass is 205 g/mol. The fourth-order valence-corrected chi connectivity index (χ4v) is 3.58. The van der Waals surface area contributed by atoms with E-state index < -0.39 is 0 Å². The molecule has 1 heterocycles. The molecule has 1 N–H and O–H groups in total. The molecule has 0 amide bonds. The number of nitrogens with zero attached hydrogens (tertiary/aromatic N) is 1. The van der Waals surface area contributed by atoms with Crippen molar-refractivity contribution in [1.82, 2.24) is 0 Å². The quantitative estimate of drug-likeness (QED) is 0.251. The highest BCUT2D eigenvalue weighted by Crippen LogP contribution is 2.24. The van der Waals surface area contributed by atoms with Crippen LogP contribution in [0.5, 0.6) is 0 Å². The van der Waals surface area contributed by atoms with Crippen LogP contribution in [0, 0.1) is 10.7 Å². The summed E-state index contributed by atoms with van der Waals surface area (Å²) in [5.74, 6) is 0.